The Morgan fingerprint density at radius 3 is 0.902 bits per heavy atom. The van der Waals surface area contributed by atoms with E-state index in [1.54, 1.807) is 24.8 Å². The van der Waals surface area contributed by atoms with Gasteiger partial charge in [0.25, 0.3) is 0 Å². The number of nitrogens with zero attached hydrogens (tertiary/aromatic N) is 12. The van der Waals surface area contributed by atoms with Crippen molar-refractivity contribution in [2.24, 2.45) is 0 Å². The summed E-state index contributed by atoms with van der Waals surface area (Å²) >= 11 is 0. The number of benzene rings is 2. The van der Waals surface area contributed by atoms with Crippen molar-refractivity contribution in [3.05, 3.63) is 73.3 Å². The zero-order valence-electron chi connectivity index (χ0n) is 20.6. The molecule has 1 radical (unpaired) electrons. The molecule has 2 aliphatic rings. The van der Waals surface area contributed by atoms with Gasteiger partial charge >= 0.3 is 17.1 Å². The summed E-state index contributed by atoms with van der Waals surface area (Å²) in [6.07, 6.45) is 6.52. The van der Waals surface area contributed by atoms with E-state index in [4.69, 9.17) is 39.9 Å². The topological polar surface area (TPSA) is 157 Å². The third-order valence-corrected chi connectivity index (χ3v) is 6.94. The summed E-state index contributed by atoms with van der Waals surface area (Å²) in [4.78, 5) is 38.6. The molecule has 0 atom stereocenters. The molecule has 0 spiro atoms. The first-order chi connectivity index (χ1) is 19.8. The van der Waals surface area contributed by atoms with E-state index >= 15 is 0 Å². The van der Waals surface area contributed by atoms with Crippen LogP contribution in [0.5, 0.6) is 0 Å². The molecule has 0 saturated heterocycles. The molecule has 5 aromatic heterocycles. The fourth-order valence-corrected chi connectivity index (χ4v) is 5.07. The Balaban J connectivity index is 0.00000256. The molecule has 0 fully saturated rings. The van der Waals surface area contributed by atoms with Gasteiger partial charge in [-0.15, -0.1) is 0 Å². The molecule has 0 saturated carbocycles. The van der Waals surface area contributed by atoms with Crippen LogP contribution in [0.3, 0.4) is 0 Å². The third kappa shape index (κ3) is 3.46. The molecule has 0 aliphatic carbocycles. The zero-order valence-corrected chi connectivity index (χ0v) is 21.5. The minimum Gasteiger partial charge on any atom is -0.357 e. The van der Waals surface area contributed by atoms with Crippen LogP contribution in [-0.4, -0.2) is 50.3 Å². The molecule has 7 heterocycles. The van der Waals surface area contributed by atoms with Crippen LogP contribution in [0, 0.1) is 0 Å². The minimum atomic E-state index is 0. The summed E-state index contributed by atoms with van der Waals surface area (Å²) in [5.74, 6) is 1.73. The van der Waals surface area contributed by atoms with Crippen LogP contribution in [0.1, 0.15) is 0 Å². The second-order valence-electron chi connectivity index (χ2n) is 9.21. The smallest absolute Gasteiger partial charge is 0.357 e. The molecular formula is C28H12CuN12. The minimum absolute atomic E-state index is 0. The summed E-state index contributed by atoms with van der Waals surface area (Å²) in [6.45, 7) is 0. The number of aromatic nitrogens is 12. The summed E-state index contributed by atoms with van der Waals surface area (Å²) in [5, 5.41) is 19.6. The van der Waals surface area contributed by atoms with Crippen molar-refractivity contribution in [1.29, 1.82) is 0 Å². The van der Waals surface area contributed by atoms with E-state index in [0.29, 0.717) is 68.1 Å². The Hall–Kier alpha value is -5.52. The van der Waals surface area contributed by atoms with Crippen LogP contribution in [0.2, 0.25) is 0 Å². The summed E-state index contributed by atoms with van der Waals surface area (Å²) in [5.41, 5.74) is 4.72. The van der Waals surface area contributed by atoms with Crippen LogP contribution in [-0.2, 0) is 17.1 Å². The maximum Gasteiger partial charge on any atom is 2.00 e. The van der Waals surface area contributed by atoms with Gasteiger partial charge in [-0.05, 0) is 21.5 Å². The van der Waals surface area contributed by atoms with E-state index in [1.165, 1.54) is 0 Å². The van der Waals surface area contributed by atoms with E-state index in [2.05, 4.69) is 20.4 Å². The zero-order chi connectivity index (χ0) is 26.2. The quantitative estimate of drug-likeness (QED) is 0.240. The van der Waals surface area contributed by atoms with Crippen molar-refractivity contribution >= 4 is 44.1 Å². The SMILES string of the molecule is [Cu+2].c1ccc2c3nc4nc(nc5[n-]c(nc6nc(nc([n-]3)c2c1)-c1cnncc1-6)c1ccccc51)-c1cnncc1-4. The van der Waals surface area contributed by atoms with Gasteiger partial charge in [0.15, 0.2) is 0 Å². The first-order valence-electron chi connectivity index (χ1n) is 12.3. The van der Waals surface area contributed by atoms with E-state index in [0.717, 1.165) is 21.5 Å². The van der Waals surface area contributed by atoms with Crippen LogP contribution in [0.4, 0.5) is 0 Å². The van der Waals surface area contributed by atoms with Gasteiger partial charge in [0.1, 0.15) is 0 Å². The van der Waals surface area contributed by atoms with E-state index < -0.39 is 0 Å². The maximum atomic E-state index is 4.86. The molecular weight excluding hydrogens is 568 g/mol. The molecule has 8 bridgehead atoms. The fourth-order valence-electron chi connectivity index (χ4n) is 5.07. The van der Waals surface area contributed by atoms with Gasteiger partial charge < -0.3 is 29.9 Å². The average Bonchev–Trinajstić information content (AvgIpc) is 3.73. The van der Waals surface area contributed by atoms with E-state index in [-0.39, 0.29) is 17.1 Å². The van der Waals surface area contributed by atoms with Crippen LogP contribution < -0.4 is 9.97 Å². The Bertz CT molecular complexity index is 2040. The molecule has 12 nitrogen and oxygen atoms in total. The second-order valence-corrected chi connectivity index (χ2v) is 9.21. The molecule has 0 amide bonds. The van der Waals surface area contributed by atoms with E-state index in [1.807, 2.05) is 48.5 Å². The molecule has 41 heavy (non-hydrogen) atoms. The molecule has 2 aromatic carbocycles. The van der Waals surface area contributed by atoms with Crippen molar-refractivity contribution in [1.82, 2.24) is 60.3 Å². The maximum absolute atomic E-state index is 4.86. The fraction of sp³-hybridized carbons (Fsp3) is 0. The van der Waals surface area contributed by atoms with E-state index in [9.17, 15) is 0 Å². The second kappa shape index (κ2) is 8.74. The largest absolute Gasteiger partial charge is 2.00 e. The van der Waals surface area contributed by atoms with Gasteiger partial charge in [0.05, 0.1) is 48.1 Å². The molecule has 2 aliphatic heterocycles. The standard InChI is InChI=1S/C28H12N12.Cu/c1-2-6-14-13(5-1)21-33-22(14)36-26-19-11-31-32-12-20(19)28(40-26)38-24-16-8-4-3-7-15(16)23(34-24)37-27-18-10-30-29-9-17(18)25(35-21)39-27;/h1-12H;/q-2;+2. The van der Waals surface area contributed by atoms with Gasteiger partial charge in [-0.2, -0.15) is 20.4 Å². The van der Waals surface area contributed by atoms with Gasteiger partial charge in [-0.3, -0.25) is 0 Å². The number of rotatable bonds is 0. The van der Waals surface area contributed by atoms with Gasteiger partial charge in [-0.25, -0.2) is 9.97 Å². The van der Waals surface area contributed by atoms with Gasteiger partial charge in [-0.1, -0.05) is 48.5 Å². The molecule has 195 valence electrons. The van der Waals surface area contributed by atoms with Gasteiger partial charge in [0, 0.05) is 44.8 Å². The Labute approximate surface area is 239 Å². The predicted molar refractivity (Wildman–Crippen MR) is 145 cm³/mol. The first-order valence-corrected chi connectivity index (χ1v) is 12.3. The van der Waals surface area contributed by atoms with Crippen LogP contribution >= 0.6 is 0 Å². The van der Waals surface area contributed by atoms with Crippen LogP contribution in [0.25, 0.3) is 89.7 Å². The third-order valence-electron chi connectivity index (χ3n) is 6.94. The molecule has 13 heteroatoms. The Kier molecular flexibility index (Phi) is 4.99. The number of fused-ring (bicyclic) bond motifs is 20. The average molecular weight is 580 g/mol. The molecule has 0 unspecified atom stereocenters. The van der Waals surface area contributed by atoms with Crippen molar-refractivity contribution in [3.63, 3.8) is 0 Å². The molecule has 9 rings (SSSR count). The van der Waals surface area contributed by atoms with Crippen molar-refractivity contribution in [2.75, 3.05) is 0 Å². The number of hydrogen-bond donors (Lipinski definition) is 0. The monoisotopic (exact) mass is 579 g/mol. The first kappa shape index (κ1) is 23.4. The van der Waals surface area contributed by atoms with Gasteiger partial charge in [0.2, 0.25) is 0 Å². The normalized spacial score (nSPS) is 11.7. The van der Waals surface area contributed by atoms with Crippen molar-refractivity contribution in [2.45, 2.75) is 0 Å². The summed E-state index contributed by atoms with van der Waals surface area (Å²) < 4.78 is 0. The predicted octanol–water partition coefficient (Wildman–Crippen LogP) is 3.70. The Morgan fingerprint density at radius 1 is 0.366 bits per heavy atom. The van der Waals surface area contributed by atoms with Crippen molar-refractivity contribution in [3.8, 4) is 45.6 Å². The van der Waals surface area contributed by atoms with Crippen LogP contribution in [0.15, 0.2) is 73.3 Å². The summed E-state index contributed by atoms with van der Waals surface area (Å²) in [7, 11) is 0. The molecule has 7 aromatic rings. The molecule has 0 N–H and O–H groups in total. The Morgan fingerprint density at radius 2 is 0.634 bits per heavy atom. The summed E-state index contributed by atoms with van der Waals surface area (Å²) in [6, 6.07) is 15.6. The number of hydrogen-bond acceptors (Lipinski definition) is 10. The van der Waals surface area contributed by atoms with Crippen molar-refractivity contribution < 1.29 is 17.1 Å².